The van der Waals surface area contributed by atoms with Crippen molar-refractivity contribution >= 4 is 16.8 Å². The Hall–Kier alpha value is -2.93. The number of nitrogens with one attached hydrogen (secondary N) is 2. The zero-order valence-electron chi connectivity index (χ0n) is 16.4. The van der Waals surface area contributed by atoms with Gasteiger partial charge in [0.1, 0.15) is 11.6 Å². The summed E-state index contributed by atoms with van der Waals surface area (Å²) in [6.45, 7) is 2.54. The van der Waals surface area contributed by atoms with Gasteiger partial charge >= 0.3 is 0 Å². The van der Waals surface area contributed by atoms with Crippen LogP contribution in [-0.2, 0) is 11.2 Å². The Morgan fingerprint density at radius 3 is 2.79 bits per heavy atom. The molecule has 1 aliphatic rings. The van der Waals surface area contributed by atoms with Crippen molar-refractivity contribution in [3.8, 4) is 0 Å². The summed E-state index contributed by atoms with van der Waals surface area (Å²) >= 11 is 0. The van der Waals surface area contributed by atoms with Crippen LogP contribution in [0.1, 0.15) is 43.3 Å². The van der Waals surface area contributed by atoms with Crippen molar-refractivity contribution in [2.45, 2.75) is 38.1 Å². The molecular formula is C22H26N4O3. The molecule has 0 bridgehead atoms. The zero-order valence-corrected chi connectivity index (χ0v) is 16.4. The van der Waals surface area contributed by atoms with E-state index >= 15 is 0 Å². The van der Waals surface area contributed by atoms with E-state index in [0.29, 0.717) is 29.7 Å². The van der Waals surface area contributed by atoms with Crippen molar-refractivity contribution in [3.63, 3.8) is 0 Å². The molecular weight excluding hydrogens is 368 g/mol. The lowest BCUT2D eigenvalue weighted by molar-refractivity contribution is -0.121. The number of hydrogen-bond acceptors (Lipinski definition) is 5. The molecule has 0 spiro atoms. The second kappa shape index (κ2) is 9.05. The quantitative estimate of drug-likeness (QED) is 0.643. The lowest BCUT2D eigenvalue weighted by Gasteiger charge is -2.33. The maximum atomic E-state index is 12.4. The number of furan rings is 1. The van der Waals surface area contributed by atoms with Crippen molar-refractivity contribution in [2.75, 3.05) is 19.6 Å². The first-order chi connectivity index (χ1) is 14.2. The Morgan fingerprint density at radius 1 is 1.17 bits per heavy atom. The van der Waals surface area contributed by atoms with Gasteiger partial charge in [0.05, 0.1) is 23.2 Å². The first kappa shape index (κ1) is 19.4. The number of para-hydroxylation sites is 1. The summed E-state index contributed by atoms with van der Waals surface area (Å²) in [5.41, 5.74) is 0.476. The maximum absolute atomic E-state index is 12.4. The Kier molecular flexibility index (Phi) is 6.05. The molecule has 1 fully saturated rings. The number of hydrogen-bond donors (Lipinski definition) is 2. The van der Waals surface area contributed by atoms with Crippen LogP contribution in [-0.4, -0.2) is 40.4 Å². The summed E-state index contributed by atoms with van der Waals surface area (Å²) in [5.74, 6) is 1.35. The van der Waals surface area contributed by atoms with Gasteiger partial charge in [-0.05, 0) is 50.2 Å². The monoisotopic (exact) mass is 394 g/mol. The predicted octanol–water partition coefficient (Wildman–Crippen LogP) is 2.79. The van der Waals surface area contributed by atoms with Gasteiger partial charge in [-0.1, -0.05) is 18.6 Å². The van der Waals surface area contributed by atoms with E-state index in [-0.39, 0.29) is 23.9 Å². The van der Waals surface area contributed by atoms with Crippen molar-refractivity contribution in [3.05, 3.63) is 64.6 Å². The number of piperidine rings is 1. The van der Waals surface area contributed by atoms with Crippen molar-refractivity contribution in [1.29, 1.82) is 0 Å². The molecule has 1 atom stereocenters. The number of carbonyl (C=O) groups is 1. The summed E-state index contributed by atoms with van der Waals surface area (Å²) in [6, 6.07) is 11.1. The summed E-state index contributed by atoms with van der Waals surface area (Å²) in [7, 11) is 0. The molecule has 1 saturated heterocycles. The van der Waals surface area contributed by atoms with Gasteiger partial charge in [-0.25, -0.2) is 4.98 Å². The van der Waals surface area contributed by atoms with Crippen LogP contribution in [0.25, 0.3) is 10.9 Å². The highest BCUT2D eigenvalue weighted by atomic mass is 16.3. The minimum Gasteiger partial charge on any atom is -0.468 e. The molecule has 29 heavy (non-hydrogen) atoms. The number of H-pyrrole nitrogens is 1. The van der Waals surface area contributed by atoms with Crippen molar-refractivity contribution in [1.82, 2.24) is 20.2 Å². The Balaban J connectivity index is 1.36. The molecule has 1 aliphatic heterocycles. The number of benzene rings is 1. The fourth-order valence-electron chi connectivity index (χ4n) is 3.90. The number of aromatic amines is 1. The van der Waals surface area contributed by atoms with Gasteiger partial charge in [0.15, 0.2) is 0 Å². The number of aromatic nitrogens is 2. The highest BCUT2D eigenvalue weighted by molar-refractivity contribution is 5.78. The Bertz CT molecular complexity index is 1010. The molecule has 1 unspecified atom stereocenters. The Morgan fingerprint density at radius 2 is 2.00 bits per heavy atom. The number of nitrogens with zero attached hydrogens (tertiary/aromatic N) is 2. The van der Waals surface area contributed by atoms with Gasteiger partial charge in [-0.2, -0.15) is 0 Å². The third-order valence-corrected chi connectivity index (χ3v) is 5.45. The van der Waals surface area contributed by atoms with Crippen LogP contribution in [0.2, 0.25) is 0 Å². The third kappa shape index (κ3) is 4.74. The number of amides is 1. The fourth-order valence-corrected chi connectivity index (χ4v) is 3.90. The maximum Gasteiger partial charge on any atom is 0.258 e. The van der Waals surface area contributed by atoms with Gasteiger partial charge in [-0.15, -0.1) is 0 Å². The largest absolute Gasteiger partial charge is 0.468 e. The van der Waals surface area contributed by atoms with E-state index in [1.165, 1.54) is 19.3 Å². The topological polar surface area (TPSA) is 91.2 Å². The van der Waals surface area contributed by atoms with Crippen LogP contribution in [0, 0.1) is 0 Å². The average molecular weight is 394 g/mol. The van der Waals surface area contributed by atoms with Crippen LogP contribution in [0.15, 0.2) is 51.9 Å². The average Bonchev–Trinajstić information content (AvgIpc) is 3.28. The molecule has 3 heterocycles. The zero-order chi connectivity index (χ0) is 20.1. The van der Waals surface area contributed by atoms with E-state index in [2.05, 4.69) is 20.2 Å². The van der Waals surface area contributed by atoms with Gasteiger partial charge < -0.3 is 14.7 Å². The summed E-state index contributed by atoms with van der Waals surface area (Å²) in [5, 5.41) is 3.59. The molecule has 2 aromatic heterocycles. The van der Waals surface area contributed by atoms with Gasteiger partial charge in [-0.3, -0.25) is 14.5 Å². The molecule has 7 heteroatoms. The van der Waals surface area contributed by atoms with Crippen LogP contribution in [0.3, 0.4) is 0 Å². The number of aryl methyl sites for hydroxylation is 1. The summed E-state index contributed by atoms with van der Waals surface area (Å²) in [6.07, 6.45) is 5.94. The molecule has 0 saturated carbocycles. The van der Waals surface area contributed by atoms with E-state index in [1.54, 1.807) is 18.4 Å². The normalized spacial score (nSPS) is 16.0. The van der Waals surface area contributed by atoms with E-state index < -0.39 is 0 Å². The standard InChI is InChI=1S/C22H26N4O3/c27-21(11-10-20-24-17-8-3-2-7-16(17)22(28)25-20)23-15-18(19-9-6-14-29-19)26-12-4-1-5-13-26/h2-3,6-9,14,18H,1,4-5,10-13,15H2,(H,23,27)(H,24,25,28). The second-order valence-corrected chi connectivity index (χ2v) is 7.46. The highest BCUT2D eigenvalue weighted by Crippen LogP contribution is 2.24. The molecule has 0 radical (unpaired) electrons. The predicted molar refractivity (Wildman–Crippen MR) is 111 cm³/mol. The van der Waals surface area contributed by atoms with Crippen LogP contribution in [0.4, 0.5) is 0 Å². The second-order valence-electron chi connectivity index (χ2n) is 7.46. The SMILES string of the molecule is O=C(CCc1nc2ccccc2c(=O)[nH]1)NCC(c1ccco1)N1CCCCC1. The van der Waals surface area contributed by atoms with Crippen molar-refractivity contribution in [2.24, 2.45) is 0 Å². The first-order valence-corrected chi connectivity index (χ1v) is 10.2. The van der Waals surface area contributed by atoms with Crippen LogP contribution >= 0.6 is 0 Å². The lowest BCUT2D eigenvalue weighted by Crippen LogP contribution is -2.40. The van der Waals surface area contributed by atoms with Crippen LogP contribution in [0.5, 0.6) is 0 Å². The smallest absolute Gasteiger partial charge is 0.258 e. The molecule has 2 N–H and O–H groups in total. The number of rotatable bonds is 7. The van der Waals surface area contributed by atoms with Gasteiger partial charge in [0.25, 0.3) is 5.56 Å². The molecule has 1 aromatic carbocycles. The lowest BCUT2D eigenvalue weighted by atomic mass is 10.1. The number of carbonyl (C=O) groups excluding carboxylic acids is 1. The van der Waals surface area contributed by atoms with E-state index in [0.717, 1.165) is 18.8 Å². The van der Waals surface area contributed by atoms with Crippen LogP contribution < -0.4 is 10.9 Å². The third-order valence-electron chi connectivity index (χ3n) is 5.45. The fraction of sp³-hybridized carbons (Fsp3) is 0.409. The molecule has 7 nitrogen and oxygen atoms in total. The first-order valence-electron chi connectivity index (χ1n) is 10.2. The highest BCUT2D eigenvalue weighted by Gasteiger charge is 2.24. The van der Waals surface area contributed by atoms with Crippen molar-refractivity contribution < 1.29 is 9.21 Å². The molecule has 0 aliphatic carbocycles. The summed E-state index contributed by atoms with van der Waals surface area (Å²) in [4.78, 5) is 34.2. The minimum atomic E-state index is -0.172. The molecule has 1 amide bonds. The number of fused-ring (bicyclic) bond motifs is 1. The van der Waals surface area contributed by atoms with Gasteiger partial charge in [0, 0.05) is 19.4 Å². The molecule has 3 aromatic rings. The molecule has 152 valence electrons. The minimum absolute atomic E-state index is 0.0489. The Labute approximate surface area is 169 Å². The van der Waals surface area contributed by atoms with Gasteiger partial charge in [0.2, 0.25) is 5.91 Å². The van der Waals surface area contributed by atoms with E-state index in [9.17, 15) is 9.59 Å². The molecule has 4 rings (SSSR count). The number of likely N-dealkylation sites (tertiary alicyclic amines) is 1. The van der Waals surface area contributed by atoms with E-state index in [1.807, 2.05) is 24.3 Å². The summed E-state index contributed by atoms with van der Waals surface area (Å²) < 4.78 is 5.62. The van der Waals surface area contributed by atoms with E-state index in [4.69, 9.17) is 4.42 Å².